The molecule has 1 saturated carbocycles. The SMILES string of the molecule is NC(=O)[C@H]1CCC[C@@H](I)C1. The second-order valence-corrected chi connectivity index (χ2v) is 4.62. The summed E-state index contributed by atoms with van der Waals surface area (Å²) in [5, 5.41) is 0. The highest BCUT2D eigenvalue weighted by molar-refractivity contribution is 14.1. The van der Waals surface area contributed by atoms with Crippen LogP contribution in [0, 0.1) is 5.92 Å². The van der Waals surface area contributed by atoms with E-state index in [0.717, 1.165) is 12.8 Å². The minimum absolute atomic E-state index is 0.110. The van der Waals surface area contributed by atoms with Crippen molar-refractivity contribution < 1.29 is 4.79 Å². The lowest BCUT2D eigenvalue weighted by molar-refractivity contribution is -0.122. The summed E-state index contributed by atoms with van der Waals surface area (Å²) in [5.74, 6) is 0.0528. The molecule has 0 radical (unpaired) electrons. The van der Waals surface area contributed by atoms with Crippen LogP contribution in [0.15, 0.2) is 0 Å². The quantitative estimate of drug-likeness (QED) is 0.558. The van der Waals surface area contributed by atoms with Crippen LogP contribution in [0.3, 0.4) is 0 Å². The van der Waals surface area contributed by atoms with Gasteiger partial charge in [-0.25, -0.2) is 0 Å². The highest BCUT2D eigenvalue weighted by atomic mass is 127. The maximum absolute atomic E-state index is 10.7. The molecule has 0 heterocycles. The van der Waals surface area contributed by atoms with E-state index in [9.17, 15) is 4.79 Å². The number of halogens is 1. The molecule has 0 saturated heterocycles. The number of hydrogen-bond donors (Lipinski definition) is 1. The van der Waals surface area contributed by atoms with Gasteiger partial charge >= 0.3 is 0 Å². The number of amides is 1. The van der Waals surface area contributed by atoms with Crippen LogP contribution in [0.4, 0.5) is 0 Å². The molecule has 0 bridgehead atoms. The molecular weight excluding hydrogens is 241 g/mol. The number of carbonyl (C=O) groups excluding carboxylic acids is 1. The van der Waals surface area contributed by atoms with Gasteiger partial charge in [0, 0.05) is 9.84 Å². The van der Waals surface area contributed by atoms with Crippen LogP contribution in [0.2, 0.25) is 0 Å². The molecule has 0 aromatic carbocycles. The zero-order valence-corrected chi connectivity index (χ0v) is 8.00. The molecule has 1 aliphatic carbocycles. The lowest BCUT2D eigenvalue weighted by atomic mass is 9.89. The molecule has 0 aromatic rings. The first-order chi connectivity index (χ1) is 4.70. The predicted molar refractivity (Wildman–Crippen MR) is 49.0 cm³/mol. The third kappa shape index (κ3) is 2.11. The second-order valence-electron chi connectivity index (χ2n) is 2.86. The summed E-state index contributed by atoms with van der Waals surface area (Å²) in [6.07, 6.45) is 4.43. The van der Waals surface area contributed by atoms with Crippen molar-refractivity contribution in [2.24, 2.45) is 11.7 Å². The minimum Gasteiger partial charge on any atom is -0.369 e. The third-order valence-corrected chi connectivity index (χ3v) is 3.14. The molecule has 1 rings (SSSR count). The van der Waals surface area contributed by atoms with Gasteiger partial charge in [-0.15, -0.1) is 0 Å². The van der Waals surface area contributed by atoms with E-state index in [1.165, 1.54) is 12.8 Å². The number of carbonyl (C=O) groups is 1. The van der Waals surface area contributed by atoms with Crippen LogP contribution < -0.4 is 5.73 Å². The van der Waals surface area contributed by atoms with Crippen LogP contribution in [0.1, 0.15) is 25.7 Å². The Morgan fingerprint density at radius 3 is 2.60 bits per heavy atom. The second kappa shape index (κ2) is 3.55. The highest BCUT2D eigenvalue weighted by Crippen LogP contribution is 2.28. The molecule has 3 heteroatoms. The molecular formula is C7H12INO. The first-order valence-corrected chi connectivity index (χ1v) is 4.88. The molecule has 1 fully saturated rings. The zero-order valence-electron chi connectivity index (χ0n) is 5.85. The third-order valence-electron chi connectivity index (χ3n) is 2.01. The summed E-state index contributed by atoms with van der Waals surface area (Å²) < 4.78 is 0.670. The first kappa shape index (κ1) is 8.30. The van der Waals surface area contributed by atoms with Crippen LogP contribution in [0.5, 0.6) is 0 Å². The fraction of sp³-hybridized carbons (Fsp3) is 0.857. The van der Waals surface area contributed by atoms with Crippen molar-refractivity contribution in [1.29, 1.82) is 0 Å². The van der Waals surface area contributed by atoms with Gasteiger partial charge in [-0.1, -0.05) is 29.0 Å². The Bertz CT molecular complexity index is 138. The summed E-state index contributed by atoms with van der Waals surface area (Å²) in [5.41, 5.74) is 5.19. The summed E-state index contributed by atoms with van der Waals surface area (Å²) >= 11 is 2.40. The molecule has 0 unspecified atom stereocenters. The van der Waals surface area contributed by atoms with E-state index in [1.807, 2.05) is 0 Å². The standard InChI is InChI=1S/C7H12INO/c8-6-3-1-2-5(4-6)7(9)10/h5-6H,1-4H2,(H2,9,10)/t5-,6+/m0/s1. The lowest BCUT2D eigenvalue weighted by Crippen LogP contribution is -2.28. The molecule has 58 valence electrons. The zero-order chi connectivity index (χ0) is 7.56. The summed E-state index contributed by atoms with van der Waals surface area (Å²) in [7, 11) is 0. The number of nitrogens with two attached hydrogens (primary N) is 1. The van der Waals surface area contributed by atoms with Crippen LogP contribution >= 0.6 is 22.6 Å². The Balaban J connectivity index is 2.39. The van der Waals surface area contributed by atoms with Gasteiger partial charge in [0.1, 0.15) is 0 Å². The van der Waals surface area contributed by atoms with Crippen LogP contribution in [-0.2, 0) is 4.79 Å². The smallest absolute Gasteiger partial charge is 0.220 e. The van der Waals surface area contributed by atoms with Crippen molar-refractivity contribution >= 4 is 28.5 Å². The van der Waals surface area contributed by atoms with Gasteiger partial charge in [0.2, 0.25) is 5.91 Å². The Morgan fingerprint density at radius 1 is 1.50 bits per heavy atom. The lowest BCUT2D eigenvalue weighted by Gasteiger charge is -2.22. The predicted octanol–water partition coefficient (Wildman–Crippen LogP) is 1.47. The topological polar surface area (TPSA) is 43.1 Å². The van der Waals surface area contributed by atoms with Gasteiger partial charge in [0.25, 0.3) is 0 Å². The molecule has 2 atom stereocenters. The summed E-state index contributed by atoms with van der Waals surface area (Å²) in [6.45, 7) is 0. The molecule has 10 heavy (non-hydrogen) atoms. The molecule has 0 aliphatic heterocycles. The first-order valence-electron chi connectivity index (χ1n) is 3.63. The monoisotopic (exact) mass is 253 g/mol. The van der Waals surface area contributed by atoms with E-state index >= 15 is 0 Å². The molecule has 1 amide bonds. The van der Waals surface area contributed by atoms with Crippen molar-refractivity contribution in [1.82, 2.24) is 0 Å². The van der Waals surface area contributed by atoms with Crippen molar-refractivity contribution in [3.8, 4) is 0 Å². The fourth-order valence-corrected chi connectivity index (χ4v) is 2.44. The summed E-state index contributed by atoms with van der Waals surface area (Å²) in [6, 6.07) is 0. The Kier molecular flexibility index (Phi) is 2.95. The molecule has 0 aromatic heterocycles. The number of rotatable bonds is 1. The average Bonchev–Trinajstić information content (AvgIpc) is 1.88. The van der Waals surface area contributed by atoms with E-state index in [1.54, 1.807) is 0 Å². The Hall–Kier alpha value is 0.200. The minimum atomic E-state index is -0.110. The molecule has 0 spiro atoms. The molecule has 1 aliphatic rings. The summed E-state index contributed by atoms with van der Waals surface area (Å²) in [4.78, 5) is 10.7. The van der Waals surface area contributed by atoms with E-state index in [4.69, 9.17) is 5.73 Å². The normalized spacial score (nSPS) is 33.7. The number of alkyl halides is 1. The van der Waals surface area contributed by atoms with Gasteiger partial charge < -0.3 is 5.73 Å². The Labute approximate surface area is 74.7 Å². The van der Waals surface area contributed by atoms with E-state index < -0.39 is 0 Å². The largest absolute Gasteiger partial charge is 0.369 e. The van der Waals surface area contributed by atoms with Crippen molar-refractivity contribution in [2.75, 3.05) is 0 Å². The number of primary amides is 1. The average molecular weight is 253 g/mol. The van der Waals surface area contributed by atoms with Crippen molar-refractivity contribution in [3.05, 3.63) is 0 Å². The molecule has 2 nitrogen and oxygen atoms in total. The maximum Gasteiger partial charge on any atom is 0.220 e. The molecule has 2 N–H and O–H groups in total. The van der Waals surface area contributed by atoms with Crippen LogP contribution in [-0.4, -0.2) is 9.83 Å². The number of hydrogen-bond acceptors (Lipinski definition) is 1. The fourth-order valence-electron chi connectivity index (χ4n) is 1.39. The Morgan fingerprint density at radius 2 is 2.20 bits per heavy atom. The van der Waals surface area contributed by atoms with Gasteiger partial charge in [-0.05, 0) is 19.3 Å². The van der Waals surface area contributed by atoms with Gasteiger partial charge in [0.05, 0.1) is 0 Å². The van der Waals surface area contributed by atoms with Crippen LogP contribution in [0.25, 0.3) is 0 Å². The maximum atomic E-state index is 10.7. The van der Waals surface area contributed by atoms with Gasteiger partial charge in [-0.3, -0.25) is 4.79 Å². The van der Waals surface area contributed by atoms with E-state index in [2.05, 4.69) is 22.6 Å². The van der Waals surface area contributed by atoms with Gasteiger partial charge in [0.15, 0.2) is 0 Å². The van der Waals surface area contributed by atoms with E-state index in [0.29, 0.717) is 3.92 Å². The van der Waals surface area contributed by atoms with E-state index in [-0.39, 0.29) is 11.8 Å². The highest BCUT2D eigenvalue weighted by Gasteiger charge is 2.23. The van der Waals surface area contributed by atoms with Crippen molar-refractivity contribution in [3.63, 3.8) is 0 Å². The van der Waals surface area contributed by atoms with Gasteiger partial charge in [-0.2, -0.15) is 0 Å². The van der Waals surface area contributed by atoms with Crippen molar-refractivity contribution in [2.45, 2.75) is 29.6 Å².